The molecule has 0 atom stereocenters. The van der Waals surface area contributed by atoms with Crippen molar-refractivity contribution < 1.29 is 9.53 Å². The number of hydrogen-bond acceptors (Lipinski definition) is 2. The summed E-state index contributed by atoms with van der Waals surface area (Å²) in [5.41, 5.74) is 1.24. The van der Waals surface area contributed by atoms with Gasteiger partial charge in [-0.25, -0.2) is 0 Å². The number of carbonyl (C=O) groups is 1. The maximum absolute atomic E-state index is 10.6. The minimum absolute atomic E-state index is 0.178. The Labute approximate surface area is 98.8 Å². The molecule has 0 heterocycles. The largest absolute Gasteiger partial charge is 0.381 e. The number of halogens is 1. The van der Waals surface area contributed by atoms with Crippen LogP contribution in [-0.2, 0) is 16.0 Å². The number of hydrogen-bond donors (Lipinski definition) is 0. The van der Waals surface area contributed by atoms with Crippen molar-refractivity contribution in [3.63, 3.8) is 0 Å². The molecule has 0 saturated carbocycles. The maximum atomic E-state index is 10.6. The highest BCUT2D eigenvalue weighted by molar-refractivity contribution is 9.10. The first-order valence-corrected chi connectivity index (χ1v) is 5.79. The molecule has 0 aliphatic rings. The first-order chi connectivity index (χ1) is 7.18. The monoisotopic (exact) mass is 270 g/mol. The van der Waals surface area contributed by atoms with Gasteiger partial charge in [0, 0.05) is 10.9 Å². The number of ether oxygens (including phenoxy) is 1. The summed E-state index contributed by atoms with van der Waals surface area (Å²) in [6.45, 7) is 2.78. The van der Waals surface area contributed by atoms with Crippen molar-refractivity contribution in [3.05, 3.63) is 34.3 Å². The zero-order valence-corrected chi connectivity index (χ0v) is 10.4. The molecule has 0 unspecified atom stereocenters. The molecule has 1 aromatic rings. The van der Waals surface area contributed by atoms with Crippen LogP contribution in [0.3, 0.4) is 0 Å². The molecule has 0 aliphatic carbocycles. The molecule has 0 aliphatic heterocycles. The first kappa shape index (κ1) is 12.4. The van der Waals surface area contributed by atoms with Crippen LogP contribution in [0.4, 0.5) is 0 Å². The van der Waals surface area contributed by atoms with Crippen molar-refractivity contribution in [2.24, 2.45) is 0 Å². The molecule has 15 heavy (non-hydrogen) atoms. The molecule has 0 fully saturated rings. The molecule has 0 spiro atoms. The van der Waals surface area contributed by atoms with Crippen LogP contribution in [0.15, 0.2) is 28.7 Å². The van der Waals surface area contributed by atoms with E-state index < -0.39 is 0 Å². The van der Waals surface area contributed by atoms with Crippen LogP contribution < -0.4 is 0 Å². The van der Waals surface area contributed by atoms with Crippen LogP contribution in [0, 0.1) is 0 Å². The van der Waals surface area contributed by atoms with Crippen LogP contribution in [0.1, 0.15) is 18.9 Å². The van der Waals surface area contributed by atoms with Crippen molar-refractivity contribution in [2.75, 3.05) is 13.2 Å². The summed E-state index contributed by atoms with van der Waals surface area (Å²) in [5, 5.41) is 0. The third kappa shape index (κ3) is 5.70. The van der Waals surface area contributed by atoms with Gasteiger partial charge in [0.25, 0.3) is 0 Å². The number of carbonyl (C=O) groups excluding carboxylic acids is 1. The zero-order chi connectivity index (χ0) is 11.1. The van der Waals surface area contributed by atoms with Crippen LogP contribution in [-0.4, -0.2) is 19.0 Å². The van der Waals surface area contributed by atoms with Crippen molar-refractivity contribution in [1.29, 1.82) is 0 Å². The van der Waals surface area contributed by atoms with E-state index in [1.54, 1.807) is 6.92 Å². The number of Topliss-reactive ketones (excluding diaryl/α,β-unsaturated/α-hetero) is 1. The Morgan fingerprint density at radius 3 is 2.87 bits per heavy atom. The van der Waals surface area contributed by atoms with Crippen molar-refractivity contribution in [2.45, 2.75) is 19.8 Å². The van der Waals surface area contributed by atoms with E-state index in [1.807, 2.05) is 12.1 Å². The molecule has 1 rings (SSSR count). The minimum Gasteiger partial charge on any atom is -0.381 e. The molecule has 0 radical (unpaired) electrons. The summed E-state index contributed by atoms with van der Waals surface area (Å²) < 4.78 is 6.44. The molecule has 0 saturated heterocycles. The summed E-state index contributed by atoms with van der Waals surface area (Å²) in [6, 6.07) is 8.16. The molecule has 0 amide bonds. The molecule has 82 valence electrons. The quantitative estimate of drug-likeness (QED) is 0.743. The Morgan fingerprint density at radius 1 is 1.40 bits per heavy atom. The summed E-state index contributed by atoms with van der Waals surface area (Å²) in [6.07, 6.45) is 1.40. The Morgan fingerprint density at radius 2 is 2.20 bits per heavy atom. The predicted octanol–water partition coefficient (Wildman–Crippen LogP) is 2.99. The van der Waals surface area contributed by atoms with Crippen LogP contribution in [0.25, 0.3) is 0 Å². The average Bonchev–Trinajstić information content (AvgIpc) is 2.17. The van der Waals surface area contributed by atoms with Crippen molar-refractivity contribution in [3.8, 4) is 0 Å². The smallest absolute Gasteiger partial charge is 0.132 e. The second kappa shape index (κ2) is 6.75. The van der Waals surface area contributed by atoms with Crippen molar-refractivity contribution in [1.82, 2.24) is 0 Å². The third-order valence-corrected chi connectivity index (χ3v) is 2.52. The number of rotatable bonds is 6. The van der Waals surface area contributed by atoms with Gasteiger partial charge >= 0.3 is 0 Å². The lowest BCUT2D eigenvalue weighted by Crippen LogP contribution is -2.03. The highest BCUT2D eigenvalue weighted by Crippen LogP contribution is 2.11. The van der Waals surface area contributed by atoms with Gasteiger partial charge in [0.15, 0.2) is 0 Å². The Balaban J connectivity index is 2.17. The molecule has 0 N–H and O–H groups in total. The molecule has 1 aromatic carbocycles. The molecule has 0 aromatic heterocycles. The van der Waals surface area contributed by atoms with Gasteiger partial charge in [0.1, 0.15) is 5.78 Å². The van der Waals surface area contributed by atoms with E-state index in [2.05, 4.69) is 28.1 Å². The van der Waals surface area contributed by atoms with Gasteiger partial charge in [-0.2, -0.15) is 0 Å². The first-order valence-electron chi connectivity index (χ1n) is 5.00. The molecule has 2 nitrogen and oxygen atoms in total. The zero-order valence-electron chi connectivity index (χ0n) is 8.83. The van der Waals surface area contributed by atoms with Gasteiger partial charge in [-0.3, -0.25) is 4.79 Å². The topological polar surface area (TPSA) is 26.3 Å². The van der Waals surface area contributed by atoms with Gasteiger partial charge in [-0.1, -0.05) is 28.1 Å². The van der Waals surface area contributed by atoms with Gasteiger partial charge in [-0.15, -0.1) is 0 Å². The number of ketones is 1. The predicted molar refractivity (Wildman–Crippen MR) is 64.0 cm³/mol. The van der Waals surface area contributed by atoms with Gasteiger partial charge < -0.3 is 4.74 Å². The lowest BCUT2D eigenvalue weighted by molar-refractivity contribution is -0.118. The molecular weight excluding hydrogens is 256 g/mol. The van der Waals surface area contributed by atoms with E-state index in [0.29, 0.717) is 19.6 Å². The lowest BCUT2D eigenvalue weighted by atomic mass is 10.2. The van der Waals surface area contributed by atoms with E-state index in [9.17, 15) is 4.79 Å². The summed E-state index contributed by atoms with van der Waals surface area (Å²) in [7, 11) is 0. The summed E-state index contributed by atoms with van der Waals surface area (Å²) >= 11 is 3.42. The van der Waals surface area contributed by atoms with Crippen LogP contribution >= 0.6 is 15.9 Å². The van der Waals surface area contributed by atoms with Gasteiger partial charge in [-0.05, 0) is 31.0 Å². The SMILES string of the molecule is CC(=O)CCOCCc1cccc(Br)c1. The fourth-order valence-electron chi connectivity index (χ4n) is 1.20. The summed E-state index contributed by atoms with van der Waals surface area (Å²) in [4.78, 5) is 10.6. The Bertz CT molecular complexity index is 323. The standard InChI is InChI=1S/C12H15BrO2/c1-10(14)5-7-15-8-6-11-3-2-4-12(13)9-11/h2-4,9H,5-8H2,1H3. The summed E-state index contributed by atoms with van der Waals surface area (Å²) in [5.74, 6) is 0.178. The second-order valence-corrected chi connectivity index (χ2v) is 4.36. The molecule has 0 bridgehead atoms. The lowest BCUT2D eigenvalue weighted by Gasteiger charge is -2.03. The van der Waals surface area contributed by atoms with E-state index in [1.165, 1.54) is 5.56 Å². The normalized spacial score (nSPS) is 10.3. The van der Waals surface area contributed by atoms with E-state index in [4.69, 9.17) is 4.74 Å². The van der Waals surface area contributed by atoms with Gasteiger partial charge in [0.05, 0.1) is 13.2 Å². The fourth-order valence-corrected chi connectivity index (χ4v) is 1.65. The Kier molecular flexibility index (Phi) is 5.58. The van der Waals surface area contributed by atoms with Crippen molar-refractivity contribution >= 4 is 21.7 Å². The minimum atomic E-state index is 0.178. The second-order valence-electron chi connectivity index (χ2n) is 3.44. The highest BCUT2D eigenvalue weighted by atomic mass is 79.9. The van der Waals surface area contributed by atoms with E-state index >= 15 is 0 Å². The molecule has 3 heteroatoms. The highest BCUT2D eigenvalue weighted by Gasteiger charge is 1.96. The fraction of sp³-hybridized carbons (Fsp3) is 0.417. The van der Waals surface area contributed by atoms with E-state index in [-0.39, 0.29) is 5.78 Å². The average molecular weight is 271 g/mol. The number of benzene rings is 1. The molecular formula is C12H15BrO2. The van der Waals surface area contributed by atoms with Crippen LogP contribution in [0.2, 0.25) is 0 Å². The Hall–Kier alpha value is -0.670. The van der Waals surface area contributed by atoms with Crippen LogP contribution in [0.5, 0.6) is 0 Å². The maximum Gasteiger partial charge on any atom is 0.132 e. The van der Waals surface area contributed by atoms with E-state index in [0.717, 1.165) is 10.9 Å². The third-order valence-electron chi connectivity index (χ3n) is 2.02. The van der Waals surface area contributed by atoms with Gasteiger partial charge in [0.2, 0.25) is 0 Å².